The van der Waals surface area contributed by atoms with Crippen LogP contribution in [-0.4, -0.2) is 12.5 Å². The van der Waals surface area contributed by atoms with E-state index in [0.29, 0.717) is 5.75 Å². The van der Waals surface area contributed by atoms with Crippen molar-refractivity contribution < 1.29 is 9.53 Å². The first-order valence-electron chi connectivity index (χ1n) is 5.39. The van der Waals surface area contributed by atoms with Crippen molar-refractivity contribution in [2.24, 2.45) is 17.4 Å². The van der Waals surface area contributed by atoms with Gasteiger partial charge in [-0.3, -0.25) is 4.79 Å². The number of nitrogens with two attached hydrogens (primary N) is 2. The first kappa shape index (κ1) is 14.0. The lowest BCUT2D eigenvalue weighted by molar-refractivity contribution is -0.122. The van der Waals surface area contributed by atoms with Crippen molar-refractivity contribution in [2.45, 2.75) is 19.9 Å². The van der Waals surface area contributed by atoms with Crippen LogP contribution in [0.15, 0.2) is 22.7 Å². The van der Waals surface area contributed by atoms with Crippen LogP contribution >= 0.6 is 15.9 Å². The van der Waals surface area contributed by atoms with Gasteiger partial charge in [0, 0.05) is 16.1 Å². The minimum absolute atomic E-state index is 0.123. The molecule has 0 radical (unpaired) electrons. The minimum atomic E-state index is -0.373. The number of primary amides is 1. The van der Waals surface area contributed by atoms with E-state index in [1.807, 2.05) is 25.1 Å². The van der Waals surface area contributed by atoms with Crippen LogP contribution in [0.5, 0.6) is 5.75 Å². The predicted molar refractivity (Wildman–Crippen MR) is 70.6 cm³/mol. The Morgan fingerprint density at radius 3 is 2.65 bits per heavy atom. The van der Waals surface area contributed by atoms with Gasteiger partial charge in [-0.1, -0.05) is 28.9 Å². The summed E-state index contributed by atoms with van der Waals surface area (Å²) in [6.45, 7) is 3.87. The number of ether oxygens (including phenoxy) is 1. The summed E-state index contributed by atoms with van der Waals surface area (Å²) in [7, 11) is 0. The SMILES string of the molecule is CC(COc1cc(Br)ccc1[C@@H](C)N)C(N)=O. The molecular formula is C12H17BrN2O2. The van der Waals surface area contributed by atoms with E-state index in [0.717, 1.165) is 10.0 Å². The monoisotopic (exact) mass is 300 g/mol. The number of halogens is 1. The van der Waals surface area contributed by atoms with Crippen molar-refractivity contribution in [3.63, 3.8) is 0 Å². The molecule has 1 aromatic rings. The Kier molecular flexibility index (Phi) is 4.96. The Morgan fingerprint density at radius 2 is 2.12 bits per heavy atom. The van der Waals surface area contributed by atoms with Gasteiger partial charge in [0.15, 0.2) is 0 Å². The lowest BCUT2D eigenvalue weighted by Crippen LogP contribution is -2.26. The summed E-state index contributed by atoms with van der Waals surface area (Å²) in [5.41, 5.74) is 11.9. The van der Waals surface area contributed by atoms with Gasteiger partial charge in [-0.15, -0.1) is 0 Å². The van der Waals surface area contributed by atoms with Gasteiger partial charge in [-0.05, 0) is 19.1 Å². The molecule has 1 aromatic carbocycles. The molecule has 4 N–H and O–H groups in total. The summed E-state index contributed by atoms with van der Waals surface area (Å²) in [6, 6.07) is 5.52. The Labute approximate surface area is 109 Å². The minimum Gasteiger partial charge on any atom is -0.492 e. The van der Waals surface area contributed by atoms with Crippen LogP contribution in [0.3, 0.4) is 0 Å². The number of benzene rings is 1. The molecule has 0 aliphatic rings. The second-order valence-electron chi connectivity index (χ2n) is 4.09. The number of hydrogen-bond acceptors (Lipinski definition) is 3. The first-order valence-corrected chi connectivity index (χ1v) is 6.18. The zero-order valence-electron chi connectivity index (χ0n) is 9.94. The normalized spacial score (nSPS) is 14.1. The molecule has 1 unspecified atom stereocenters. The standard InChI is InChI=1S/C12H17BrN2O2/c1-7(12(15)16)6-17-11-5-9(13)3-4-10(11)8(2)14/h3-5,7-8H,6,14H2,1-2H3,(H2,15,16)/t7?,8-/m1/s1. The number of amides is 1. The van der Waals surface area contributed by atoms with Gasteiger partial charge < -0.3 is 16.2 Å². The number of carbonyl (C=O) groups excluding carboxylic acids is 1. The molecule has 0 aromatic heterocycles. The topological polar surface area (TPSA) is 78.3 Å². The lowest BCUT2D eigenvalue weighted by atomic mass is 10.1. The van der Waals surface area contributed by atoms with E-state index in [4.69, 9.17) is 16.2 Å². The molecule has 1 amide bonds. The number of carbonyl (C=O) groups is 1. The Balaban J connectivity index is 2.82. The smallest absolute Gasteiger partial charge is 0.223 e. The van der Waals surface area contributed by atoms with Crippen LogP contribution in [0.4, 0.5) is 0 Å². The molecule has 0 saturated heterocycles. The fourth-order valence-corrected chi connectivity index (χ4v) is 1.65. The van der Waals surface area contributed by atoms with Crippen molar-refractivity contribution in [2.75, 3.05) is 6.61 Å². The van der Waals surface area contributed by atoms with Crippen LogP contribution in [0.1, 0.15) is 25.5 Å². The number of rotatable bonds is 5. The maximum absolute atomic E-state index is 10.9. The van der Waals surface area contributed by atoms with Crippen LogP contribution in [0.2, 0.25) is 0 Å². The summed E-state index contributed by atoms with van der Waals surface area (Å²) in [5.74, 6) is -0.0141. The summed E-state index contributed by atoms with van der Waals surface area (Å²) >= 11 is 3.37. The molecule has 1 rings (SSSR count). The van der Waals surface area contributed by atoms with Crippen molar-refractivity contribution in [3.8, 4) is 5.75 Å². The summed E-state index contributed by atoms with van der Waals surface area (Å²) < 4.78 is 6.50. The van der Waals surface area contributed by atoms with Gasteiger partial charge in [0.05, 0.1) is 12.5 Å². The predicted octanol–water partition coefficient (Wildman–Crippen LogP) is 1.97. The quantitative estimate of drug-likeness (QED) is 0.872. The molecule has 94 valence electrons. The van der Waals surface area contributed by atoms with Gasteiger partial charge >= 0.3 is 0 Å². The zero-order chi connectivity index (χ0) is 13.0. The number of hydrogen-bond donors (Lipinski definition) is 2. The highest BCUT2D eigenvalue weighted by molar-refractivity contribution is 9.10. The third kappa shape index (κ3) is 4.02. The van der Waals surface area contributed by atoms with E-state index < -0.39 is 0 Å². The van der Waals surface area contributed by atoms with Crippen molar-refractivity contribution in [1.29, 1.82) is 0 Å². The maximum atomic E-state index is 10.9. The van der Waals surface area contributed by atoms with Crippen LogP contribution in [-0.2, 0) is 4.79 Å². The molecule has 0 heterocycles. The Hall–Kier alpha value is -1.07. The molecule has 17 heavy (non-hydrogen) atoms. The summed E-state index contributed by atoms with van der Waals surface area (Å²) in [5, 5.41) is 0. The van der Waals surface area contributed by atoms with Gasteiger partial charge in [0.2, 0.25) is 5.91 Å². The second-order valence-corrected chi connectivity index (χ2v) is 5.00. The highest BCUT2D eigenvalue weighted by atomic mass is 79.9. The lowest BCUT2D eigenvalue weighted by Gasteiger charge is -2.16. The maximum Gasteiger partial charge on any atom is 0.223 e. The highest BCUT2D eigenvalue weighted by Crippen LogP contribution is 2.27. The van der Waals surface area contributed by atoms with Crippen LogP contribution in [0.25, 0.3) is 0 Å². The van der Waals surface area contributed by atoms with E-state index in [-0.39, 0.29) is 24.5 Å². The Bertz CT molecular complexity index is 407. The van der Waals surface area contributed by atoms with Gasteiger partial charge in [-0.2, -0.15) is 0 Å². The molecule has 0 bridgehead atoms. The largest absolute Gasteiger partial charge is 0.492 e. The molecule has 0 saturated carbocycles. The zero-order valence-corrected chi connectivity index (χ0v) is 11.5. The molecule has 4 nitrogen and oxygen atoms in total. The van der Waals surface area contributed by atoms with Gasteiger partial charge in [-0.25, -0.2) is 0 Å². The Morgan fingerprint density at radius 1 is 1.47 bits per heavy atom. The molecule has 0 aliphatic carbocycles. The third-order valence-corrected chi connectivity index (χ3v) is 2.93. The van der Waals surface area contributed by atoms with E-state index in [1.54, 1.807) is 6.92 Å². The van der Waals surface area contributed by atoms with Crippen molar-refractivity contribution in [1.82, 2.24) is 0 Å². The van der Waals surface area contributed by atoms with E-state index in [9.17, 15) is 4.79 Å². The summed E-state index contributed by atoms with van der Waals surface area (Å²) in [6.07, 6.45) is 0. The molecule has 0 aliphatic heterocycles. The third-order valence-electron chi connectivity index (χ3n) is 2.44. The van der Waals surface area contributed by atoms with Crippen molar-refractivity contribution in [3.05, 3.63) is 28.2 Å². The molecule has 2 atom stereocenters. The van der Waals surface area contributed by atoms with E-state index in [2.05, 4.69) is 15.9 Å². The highest BCUT2D eigenvalue weighted by Gasteiger charge is 2.13. The molecule has 5 heteroatoms. The second kappa shape index (κ2) is 6.02. The molecular weight excluding hydrogens is 284 g/mol. The first-order chi connectivity index (χ1) is 7.91. The van der Waals surface area contributed by atoms with Crippen molar-refractivity contribution >= 4 is 21.8 Å². The average Bonchev–Trinajstić information content (AvgIpc) is 2.25. The van der Waals surface area contributed by atoms with E-state index >= 15 is 0 Å². The molecule has 0 spiro atoms. The fraction of sp³-hybridized carbons (Fsp3) is 0.417. The van der Waals surface area contributed by atoms with Gasteiger partial charge in [0.1, 0.15) is 5.75 Å². The van der Waals surface area contributed by atoms with Crippen LogP contribution < -0.4 is 16.2 Å². The average molecular weight is 301 g/mol. The van der Waals surface area contributed by atoms with Gasteiger partial charge in [0.25, 0.3) is 0 Å². The van der Waals surface area contributed by atoms with E-state index in [1.165, 1.54) is 0 Å². The fourth-order valence-electron chi connectivity index (χ4n) is 1.31. The molecule has 0 fully saturated rings. The van der Waals surface area contributed by atoms with Crippen LogP contribution in [0, 0.1) is 5.92 Å². The summed E-state index contributed by atoms with van der Waals surface area (Å²) in [4.78, 5) is 10.9.